The molecule has 0 spiro atoms. The van der Waals surface area contributed by atoms with Crippen LogP contribution in [0, 0.1) is 6.92 Å². The summed E-state index contributed by atoms with van der Waals surface area (Å²) in [4.78, 5) is 12.1. The number of benzene rings is 3. The number of anilines is 2. The summed E-state index contributed by atoms with van der Waals surface area (Å²) in [5.74, 6) is 0.300. The Labute approximate surface area is 188 Å². The highest BCUT2D eigenvalue weighted by atomic mass is 79.9. The van der Waals surface area contributed by atoms with Crippen molar-refractivity contribution in [3.63, 3.8) is 0 Å². The molecule has 0 aliphatic heterocycles. The average molecular weight is 494 g/mol. The van der Waals surface area contributed by atoms with Crippen molar-refractivity contribution in [2.45, 2.75) is 13.5 Å². The zero-order valence-corrected chi connectivity index (χ0v) is 18.7. The quantitative estimate of drug-likeness (QED) is 0.385. The van der Waals surface area contributed by atoms with Crippen LogP contribution in [0.15, 0.2) is 65.1 Å². The molecule has 0 aliphatic carbocycles. The van der Waals surface area contributed by atoms with Crippen molar-refractivity contribution in [2.24, 2.45) is 0 Å². The highest BCUT2D eigenvalue weighted by Gasteiger charge is 2.09. The Morgan fingerprint density at radius 1 is 1.00 bits per heavy atom. The molecule has 0 radical (unpaired) electrons. The van der Waals surface area contributed by atoms with Crippen molar-refractivity contribution in [2.75, 3.05) is 17.2 Å². The first kappa shape index (κ1) is 21.5. The van der Waals surface area contributed by atoms with Crippen LogP contribution in [-0.4, -0.2) is 12.5 Å². The van der Waals surface area contributed by atoms with Gasteiger partial charge in [0.2, 0.25) is 0 Å². The van der Waals surface area contributed by atoms with Crippen LogP contribution in [0.1, 0.15) is 11.1 Å². The second-order valence-corrected chi connectivity index (χ2v) is 8.02. The van der Waals surface area contributed by atoms with Crippen molar-refractivity contribution >= 4 is 56.4 Å². The van der Waals surface area contributed by atoms with Gasteiger partial charge in [-0.25, -0.2) is 0 Å². The van der Waals surface area contributed by atoms with Crippen molar-refractivity contribution in [1.29, 1.82) is 0 Å². The molecule has 2 N–H and O–H groups in total. The first-order valence-corrected chi connectivity index (χ1v) is 10.4. The van der Waals surface area contributed by atoms with Gasteiger partial charge < -0.3 is 15.4 Å². The third-order valence-corrected chi connectivity index (χ3v) is 5.61. The monoisotopic (exact) mass is 492 g/mol. The van der Waals surface area contributed by atoms with Crippen molar-refractivity contribution < 1.29 is 9.53 Å². The zero-order valence-electron chi connectivity index (χ0n) is 15.6. The van der Waals surface area contributed by atoms with Crippen LogP contribution >= 0.6 is 39.1 Å². The minimum absolute atomic E-state index is 0.122. The van der Waals surface area contributed by atoms with E-state index in [2.05, 4.69) is 26.6 Å². The van der Waals surface area contributed by atoms with Crippen LogP contribution < -0.4 is 15.4 Å². The normalized spacial score (nSPS) is 10.5. The SMILES string of the molecule is Cc1c(Cl)cccc1NCc1ccc(OCC(=O)Nc2ccccc2Cl)c(Br)c1. The summed E-state index contributed by atoms with van der Waals surface area (Å²) in [7, 11) is 0. The molecule has 0 saturated heterocycles. The lowest BCUT2D eigenvalue weighted by atomic mass is 10.1. The number of para-hydroxylation sites is 1. The molecule has 150 valence electrons. The van der Waals surface area contributed by atoms with Gasteiger partial charge in [-0.15, -0.1) is 0 Å². The Balaban J connectivity index is 1.56. The predicted octanol–water partition coefficient (Wildman–Crippen LogP) is 6.69. The van der Waals surface area contributed by atoms with Gasteiger partial charge >= 0.3 is 0 Å². The Hall–Kier alpha value is -2.21. The van der Waals surface area contributed by atoms with Crippen molar-refractivity contribution in [3.05, 3.63) is 86.3 Å². The van der Waals surface area contributed by atoms with Gasteiger partial charge in [0.25, 0.3) is 5.91 Å². The maximum atomic E-state index is 12.1. The molecule has 4 nitrogen and oxygen atoms in total. The molecule has 0 bridgehead atoms. The molecule has 0 fully saturated rings. The van der Waals surface area contributed by atoms with Crippen LogP contribution in [-0.2, 0) is 11.3 Å². The maximum Gasteiger partial charge on any atom is 0.262 e. The number of halogens is 3. The molecule has 1 amide bonds. The highest BCUT2D eigenvalue weighted by Crippen LogP contribution is 2.28. The minimum Gasteiger partial charge on any atom is -0.483 e. The number of carbonyl (C=O) groups excluding carboxylic acids is 1. The van der Waals surface area contributed by atoms with E-state index in [0.717, 1.165) is 26.3 Å². The molecule has 3 aromatic rings. The lowest BCUT2D eigenvalue weighted by Crippen LogP contribution is -2.20. The number of hydrogen-bond acceptors (Lipinski definition) is 3. The first-order valence-electron chi connectivity index (χ1n) is 8.88. The standard InChI is InChI=1S/C22H19BrCl2N2O2/c1-14-17(24)6-4-8-19(14)26-12-15-9-10-21(16(23)11-15)29-13-22(28)27-20-7-3-2-5-18(20)25/h2-11,26H,12-13H2,1H3,(H,27,28). The first-order chi connectivity index (χ1) is 13.9. The third kappa shape index (κ3) is 5.89. The molecular formula is C22H19BrCl2N2O2. The average Bonchev–Trinajstić information content (AvgIpc) is 2.70. The topological polar surface area (TPSA) is 50.4 Å². The molecule has 0 aliphatic rings. The molecule has 0 atom stereocenters. The van der Waals surface area contributed by atoms with E-state index in [0.29, 0.717) is 23.0 Å². The zero-order chi connectivity index (χ0) is 20.8. The van der Waals surface area contributed by atoms with Gasteiger partial charge in [-0.05, 0) is 70.4 Å². The molecule has 0 saturated carbocycles. The molecule has 3 rings (SSSR count). The van der Waals surface area contributed by atoms with E-state index < -0.39 is 0 Å². The molecule has 0 unspecified atom stereocenters. The number of nitrogens with one attached hydrogen (secondary N) is 2. The van der Waals surface area contributed by atoms with E-state index in [4.69, 9.17) is 27.9 Å². The summed E-state index contributed by atoms with van der Waals surface area (Å²) in [6.45, 7) is 2.49. The highest BCUT2D eigenvalue weighted by molar-refractivity contribution is 9.10. The fourth-order valence-corrected chi connectivity index (χ4v) is 3.56. The van der Waals surface area contributed by atoms with Gasteiger partial charge in [0, 0.05) is 17.3 Å². The van der Waals surface area contributed by atoms with E-state index in [1.54, 1.807) is 24.3 Å². The molecule has 0 aromatic heterocycles. The third-order valence-electron chi connectivity index (χ3n) is 4.25. The van der Waals surface area contributed by atoms with Crippen LogP contribution in [0.5, 0.6) is 5.75 Å². The van der Waals surface area contributed by atoms with Crippen LogP contribution in [0.4, 0.5) is 11.4 Å². The van der Waals surface area contributed by atoms with E-state index in [9.17, 15) is 4.79 Å². The van der Waals surface area contributed by atoms with Crippen LogP contribution in [0.3, 0.4) is 0 Å². The molecule has 0 heterocycles. The second kappa shape index (κ2) is 10.0. The van der Waals surface area contributed by atoms with Crippen molar-refractivity contribution in [1.82, 2.24) is 0 Å². The summed E-state index contributed by atoms with van der Waals surface area (Å²) in [6.07, 6.45) is 0. The fourth-order valence-electron chi connectivity index (χ4n) is 2.66. The van der Waals surface area contributed by atoms with Gasteiger partial charge in [-0.3, -0.25) is 4.79 Å². The molecule has 7 heteroatoms. The van der Waals surface area contributed by atoms with Crippen LogP contribution in [0.25, 0.3) is 0 Å². The Kier molecular flexibility index (Phi) is 7.42. The van der Waals surface area contributed by atoms with Gasteiger partial charge in [-0.1, -0.05) is 47.5 Å². The van der Waals surface area contributed by atoms with Gasteiger partial charge in [0.1, 0.15) is 5.75 Å². The number of carbonyl (C=O) groups is 1. The lowest BCUT2D eigenvalue weighted by molar-refractivity contribution is -0.118. The second-order valence-electron chi connectivity index (χ2n) is 6.35. The lowest BCUT2D eigenvalue weighted by Gasteiger charge is -2.13. The summed E-state index contributed by atoms with van der Waals surface area (Å²) in [5.41, 5.74) is 3.62. The van der Waals surface area contributed by atoms with Gasteiger partial charge in [0.15, 0.2) is 6.61 Å². The number of hydrogen-bond donors (Lipinski definition) is 2. The number of rotatable bonds is 7. The number of amides is 1. The van der Waals surface area contributed by atoms with Crippen molar-refractivity contribution in [3.8, 4) is 5.75 Å². The predicted molar refractivity (Wildman–Crippen MR) is 123 cm³/mol. The molecule has 3 aromatic carbocycles. The Morgan fingerprint density at radius 2 is 1.72 bits per heavy atom. The molecular weight excluding hydrogens is 475 g/mol. The summed E-state index contributed by atoms with van der Waals surface area (Å²) in [5, 5.41) is 7.32. The summed E-state index contributed by atoms with van der Waals surface area (Å²) in [6, 6.07) is 18.6. The summed E-state index contributed by atoms with van der Waals surface area (Å²) >= 11 is 15.7. The van der Waals surface area contributed by atoms with E-state index in [1.807, 2.05) is 43.3 Å². The Morgan fingerprint density at radius 3 is 2.48 bits per heavy atom. The summed E-state index contributed by atoms with van der Waals surface area (Å²) < 4.78 is 6.39. The largest absolute Gasteiger partial charge is 0.483 e. The van der Waals surface area contributed by atoms with Gasteiger partial charge in [-0.2, -0.15) is 0 Å². The molecule has 29 heavy (non-hydrogen) atoms. The Bertz CT molecular complexity index is 1030. The smallest absolute Gasteiger partial charge is 0.262 e. The van der Waals surface area contributed by atoms with Gasteiger partial charge in [0.05, 0.1) is 15.2 Å². The maximum absolute atomic E-state index is 12.1. The van der Waals surface area contributed by atoms with Crippen LogP contribution in [0.2, 0.25) is 10.0 Å². The van der Waals surface area contributed by atoms with E-state index in [1.165, 1.54) is 0 Å². The fraction of sp³-hybridized carbons (Fsp3) is 0.136. The van der Waals surface area contributed by atoms with E-state index >= 15 is 0 Å². The van der Waals surface area contributed by atoms with E-state index in [-0.39, 0.29) is 12.5 Å². The minimum atomic E-state index is -0.285. The number of ether oxygens (including phenoxy) is 1.